The van der Waals surface area contributed by atoms with Crippen molar-refractivity contribution in [3.63, 3.8) is 0 Å². The van der Waals surface area contributed by atoms with Crippen molar-refractivity contribution in [3.05, 3.63) is 0 Å². The third kappa shape index (κ3) is 5.19. The van der Waals surface area contributed by atoms with Crippen LogP contribution in [0.25, 0.3) is 0 Å². The number of hydrogen-bond donors (Lipinski definition) is 1. The Morgan fingerprint density at radius 2 is 1.73 bits per heavy atom. The first-order valence-corrected chi connectivity index (χ1v) is 4.23. The molecular weight excluding hydrogens is 141 g/mol. The molecule has 0 aliphatic rings. The van der Waals surface area contributed by atoms with Crippen molar-refractivity contribution in [1.29, 1.82) is 0 Å². The Kier molecular flexibility index (Phi) is 4.01. The van der Waals surface area contributed by atoms with E-state index in [1.165, 1.54) is 0 Å². The number of hydrogen-bond acceptors (Lipinski definition) is 1. The van der Waals surface area contributed by atoms with Crippen molar-refractivity contribution in [1.82, 2.24) is 0 Å². The van der Waals surface area contributed by atoms with Crippen LogP contribution >= 0.6 is 0 Å². The lowest BCUT2D eigenvalue weighted by Gasteiger charge is -2.27. The fourth-order valence-corrected chi connectivity index (χ4v) is 0.842. The van der Waals surface area contributed by atoms with Gasteiger partial charge in [-0.15, -0.1) is 0 Å². The molecule has 0 radical (unpaired) electrons. The third-order valence-electron chi connectivity index (χ3n) is 1.99. The fourth-order valence-electron chi connectivity index (χ4n) is 0.842. The summed E-state index contributed by atoms with van der Waals surface area (Å²) >= 11 is 0. The Morgan fingerprint density at radius 1 is 1.27 bits per heavy atom. The van der Waals surface area contributed by atoms with Gasteiger partial charge in [0.25, 0.3) is 0 Å². The highest BCUT2D eigenvalue weighted by atomic mass is 19.1. The van der Waals surface area contributed by atoms with Gasteiger partial charge in [0.1, 0.15) is 0 Å². The molecule has 0 saturated carbocycles. The summed E-state index contributed by atoms with van der Waals surface area (Å²) in [6.07, 6.45) is 0.642. The summed E-state index contributed by atoms with van der Waals surface area (Å²) in [5.74, 6) is 0. The topological polar surface area (TPSA) is 26.0 Å². The van der Waals surface area contributed by atoms with Crippen molar-refractivity contribution >= 4 is 0 Å². The average Bonchev–Trinajstić information content (AvgIpc) is 1.80. The molecule has 2 N–H and O–H groups in total. The van der Waals surface area contributed by atoms with Gasteiger partial charge in [0.15, 0.2) is 0 Å². The van der Waals surface area contributed by atoms with Crippen LogP contribution in [0.5, 0.6) is 0 Å². The van der Waals surface area contributed by atoms with Crippen LogP contribution in [0.1, 0.15) is 40.5 Å². The summed E-state index contributed by atoms with van der Waals surface area (Å²) in [5.41, 5.74) is 5.94. The summed E-state index contributed by atoms with van der Waals surface area (Å²) in [5, 5.41) is 0. The zero-order valence-electron chi connectivity index (χ0n) is 8.02. The van der Waals surface area contributed by atoms with Gasteiger partial charge < -0.3 is 5.73 Å². The van der Waals surface area contributed by atoms with Gasteiger partial charge in [-0.3, -0.25) is 0 Å². The van der Waals surface area contributed by atoms with E-state index in [1.54, 1.807) is 6.92 Å². The minimum absolute atomic E-state index is 0.106. The van der Waals surface area contributed by atoms with Crippen LogP contribution in [0.4, 0.5) is 4.39 Å². The molecule has 2 unspecified atom stereocenters. The van der Waals surface area contributed by atoms with Crippen molar-refractivity contribution < 1.29 is 4.39 Å². The second-order valence-corrected chi connectivity index (χ2v) is 4.33. The van der Waals surface area contributed by atoms with E-state index >= 15 is 0 Å². The van der Waals surface area contributed by atoms with E-state index in [4.69, 9.17) is 5.73 Å². The van der Waals surface area contributed by atoms with Gasteiger partial charge in [0.05, 0.1) is 6.17 Å². The molecule has 0 fully saturated rings. The summed E-state index contributed by atoms with van der Waals surface area (Å²) in [6, 6.07) is 0.112. The summed E-state index contributed by atoms with van der Waals surface area (Å²) in [6.45, 7) is 7.83. The highest BCUT2D eigenvalue weighted by molar-refractivity contribution is 4.77. The fraction of sp³-hybridized carbons (Fsp3) is 1.00. The maximum atomic E-state index is 12.4. The lowest BCUT2D eigenvalue weighted by atomic mass is 9.84. The van der Waals surface area contributed by atoms with Gasteiger partial charge in [-0.25, -0.2) is 4.39 Å². The quantitative estimate of drug-likeness (QED) is 0.676. The van der Waals surface area contributed by atoms with E-state index in [1.807, 2.05) is 0 Å². The predicted molar refractivity (Wildman–Crippen MR) is 47.2 cm³/mol. The normalized spacial score (nSPS) is 18.0. The molecule has 0 aromatic rings. The molecule has 0 aromatic carbocycles. The van der Waals surface area contributed by atoms with Crippen LogP contribution < -0.4 is 5.73 Å². The molecule has 0 amide bonds. The summed E-state index contributed by atoms with van der Waals surface area (Å²) < 4.78 is 12.4. The van der Waals surface area contributed by atoms with Crippen LogP contribution in [0.15, 0.2) is 0 Å². The van der Waals surface area contributed by atoms with E-state index in [9.17, 15) is 4.39 Å². The highest BCUT2D eigenvalue weighted by Gasteiger charge is 2.20. The first-order chi connectivity index (χ1) is 4.84. The standard InChI is InChI=1S/C9H20FN/c1-7(10)5-6-8(11)9(2,3)4/h7-8H,5-6,11H2,1-4H3. The Bertz CT molecular complexity index is 105. The molecule has 0 bridgehead atoms. The molecule has 0 heterocycles. The average molecular weight is 161 g/mol. The van der Waals surface area contributed by atoms with Gasteiger partial charge >= 0.3 is 0 Å². The molecule has 0 aromatic heterocycles. The number of nitrogens with two attached hydrogens (primary N) is 1. The molecular formula is C9H20FN. The van der Waals surface area contributed by atoms with Crippen molar-refractivity contribution in [2.24, 2.45) is 11.1 Å². The van der Waals surface area contributed by atoms with Crippen LogP contribution in [-0.2, 0) is 0 Å². The summed E-state index contributed by atoms with van der Waals surface area (Å²) in [4.78, 5) is 0. The molecule has 0 spiro atoms. The molecule has 68 valence electrons. The van der Waals surface area contributed by atoms with Gasteiger partial charge in [0, 0.05) is 6.04 Å². The Hall–Kier alpha value is -0.110. The first-order valence-electron chi connectivity index (χ1n) is 4.23. The third-order valence-corrected chi connectivity index (χ3v) is 1.99. The van der Waals surface area contributed by atoms with Crippen LogP contribution in [0.3, 0.4) is 0 Å². The zero-order valence-corrected chi connectivity index (χ0v) is 8.02. The Morgan fingerprint density at radius 3 is 2.00 bits per heavy atom. The van der Waals surface area contributed by atoms with E-state index in [-0.39, 0.29) is 11.5 Å². The van der Waals surface area contributed by atoms with Crippen molar-refractivity contribution in [2.45, 2.75) is 52.8 Å². The van der Waals surface area contributed by atoms with Crippen molar-refractivity contribution in [3.8, 4) is 0 Å². The number of halogens is 1. The number of alkyl halides is 1. The second kappa shape index (κ2) is 4.05. The molecule has 0 saturated heterocycles. The van der Waals surface area contributed by atoms with Crippen LogP contribution in [-0.4, -0.2) is 12.2 Å². The molecule has 11 heavy (non-hydrogen) atoms. The largest absolute Gasteiger partial charge is 0.327 e. The lowest BCUT2D eigenvalue weighted by Crippen LogP contribution is -2.35. The van der Waals surface area contributed by atoms with E-state index in [0.717, 1.165) is 6.42 Å². The van der Waals surface area contributed by atoms with Gasteiger partial charge in [0.2, 0.25) is 0 Å². The van der Waals surface area contributed by atoms with Gasteiger partial charge in [-0.1, -0.05) is 20.8 Å². The van der Waals surface area contributed by atoms with Crippen molar-refractivity contribution in [2.75, 3.05) is 0 Å². The van der Waals surface area contributed by atoms with Crippen LogP contribution in [0, 0.1) is 5.41 Å². The zero-order chi connectivity index (χ0) is 9.07. The summed E-state index contributed by atoms with van der Waals surface area (Å²) in [7, 11) is 0. The van der Waals surface area contributed by atoms with Gasteiger partial charge in [-0.2, -0.15) is 0 Å². The Labute approximate surface area is 69.2 Å². The molecule has 2 atom stereocenters. The van der Waals surface area contributed by atoms with Crippen LogP contribution in [0.2, 0.25) is 0 Å². The molecule has 1 nitrogen and oxygen atoms in total. The maximum absolute atomic E-state index is 12.4. The van der Waals surface area contributed by atoms with E-state index < -0.39 is 6.17 Å². The first kappa shape index (κ1) is 10.9. The minimum Gasteiger partial charge on any atom is -0.327 e. The predicted octanol–water partition coefficient (Wildman–Crippen LogP) is 2.50. The van der Waals surface area contributed by atoms with Gasteiger partial charge in [-0.05, 0) is 25.2 Å². The number of rotatable bonds is 3. The second-order valence-electron chi connectivity index (χ2n) is 4.33. The Balaban J connectivity index is 3.61. The SMILES string of the molecule is CC(F)CCC(N)C(C)(C)C. The highest BCUT2D eigenvalue weighted by Crippen LogP contribution is 2.21. The molecule has 0 aliphatic heterocycles. The molecule has 0 aliphatic carbocycles. The van der Waals surface area contributed by atoms with E-state index in [0.29, 0.717) is 6.42 Å². The monoisotopic (exact) mass is 161 g/mol. The maximum Gasteiger partial charge on any atom is 0.0974 e. The smallest absolute Gasteiger partial charge is 0.0974 e. The molecule has 2 heteroatoms. The minimum atomic E-state index is -0.719. The molecule has 0 rings (SSSR count). The lowest BCUT2D eigenvalue weighted by molar-refractivity contribution is 0.262. The van der Waals surface area contributed by atoms with E-state index in [2.05, 4.69) is 20.8 Å².